The van der Waals surface area contributed by atoms with Crippen molar-refractivity contribution in [2.24, 2.45) is 0 Å². The van der Waals surface area contributed by atoms with Crippen LogP contribution in [0.15, 0.2) is 182 Å². The van der Waals surface area contributed by atoms with Gasteiger partial charge in [-0.15, -0.1) is 0 Å². The molecule has 4 N–H and O–H groups in total. The van der Waals surface area contributed by atoms with Crippen LogP contribution in [0, 0.1) is 0 Å². The van der Waals surface area contributed by atoms with Crippen molar-refractivity contribution in [3.63, 3.8) is 0 Å². The van der Waals surface area contributed by atoms with Crippen molar-refractivity contribution in [3.05, 3.63) is 182 Å². The van der Waals surface area contributed by atoms with Crippen LogP contribution < -0.4 is 0 Å². The number of esters is 3. The van der Waals surface area contributed by atoms with Gasteiger partial charge in [0.05, 0.1) is 26.4 Å². The van der Waals surface area contributed by atoms with E-state index in [1.54, 1.807) is 0 Å². The van der Waals surface area contributed by atoms with Gasteiger partial charge in [0.1, 0.15) is 25.4 Å². The summed E-state index contributed by atoms with van der Waals surface area (Å²) in [6.45, 7) is 2.43. The Kier molecular flexibility index (Phi) is 83.9. The second-order valence-electron chi connectivity index (χ2n) is 29.6. The molecule has 0 bridgehead atoms. The first-order valence-electron chi connectivity index (χ1n) is 45.1. The van der Waals surface area contributed by atoms with Crippen molar-refractivity contribution in [2.45, 2.75) is 373 Å². The zero-order chi connectivity index (χ0) is 83.6. The van der Waals surface area contributed by atoms with Crippen molar-refractivity contribution in [1.82, 2.24) is 0 Å². The number of carbonyl (C=O) groups is 3. The summed E-state index contributed by atoms with van der Waals surface area (Å²) in [4.78, 5) is 59.0. The van der Waals surface area contributed by atoms with E-state index in [1.807, 2.05) is 0 Å². The predicted octanol–water partition coefficient (Wildman–Crippen LogP) is 27.7. The minimum absolute atomic E-state index is 0.0855. The number of ether oxygens (including phenoxy) is 3. The van der Waals surface area contributed by atoms with Gasteiger partial charge < -0.3 is 34.2 Å². The molecule has 0 aliphatic rings. The maximum Gasteiger partial charge on any atom is 0.472 e. The Morgan fingerprint density at radius 2 is 0.461 bits per heavy atom. The van der Waals surface area contributed by atoms with Crippen molar-refractivity contribution >= 4 is 33.6 Å². The topological polar surface area (TPSA) is 231 Å². The fourth-order valence-corrected chi connectivity index (χ4v) is 13.4. The number of rotatable bonds is 84. The highest BCUT2D eigenvalue weighted by Crippen LogP contribution is 2.45. The maximum absolute atomic E-state index is 13.1. The van der Waals surface area contributed by atoms with Crippen LogP contribution >= 0.6 is 15.6 Å². The molecule has 115 heavy (non-hydrogen) atoms. The van der Waals surface area contributed by atoms with Gasteiger partial charge in [0.2, 0.25) is 0 Å². The molecule has 0 aromatic carbocycles. The van der Waals surface area contributed by atoms with E-state index in [0.717, 1.165) is 193 Å². The summed E-state index contributed by atoms with van der Waals surface area (Å²) in [5, 5.41) is 20.7. The van der Waals surface area contributed by atoms with Gasteiger partial charge in [0, 0.05) is 19.3 Å². The molecule has 16 nitrogen and oxygen atoms in total. The summed E-state index contributed by atoms with van der Waals surface area (Å²) in [7, 11) is -9.82. The number of phosphoric ester groups is 2. The van der Waals surface area contributed by atoms with Gasteiger partial charge in [-0.2, -0.15) is 0 Å². The molecule has 0 aliphatic carbocycles. The number of phosphoric acid groups is 2. The predicted molar refractivity (Wildman–Crippen MR) is 481 cm³/mol. The van der Waals surface area contributed by atoms with Gasteiger partial charge in [-0.05, 0) is 161 Å². The summed E-state index contributed by atoms with van der Waals surface area (Å²) in [6, 6.07) is 0. The van der Waals surface area contributed by atoms with Crippen molar-refractivity contribution in [3.8, 4) is 0 Å². The van der Waals surface area contributed by atoms with Crippen molar-refractivity contribution < 1.29 is 75.8 Å². The largest absolute Gasteiger partial charge is 0.472 e. The zero-order valence-corrected chi connectivity index (χ0v) is 73.9. The third-order valence-electron chi connectivity index (χ3n) is 18.6. The lowest BCUT2D eigenvalue weighted by Gasteiger charge is -2.21. The average molecular weight is 1650 g/mol. The van der Waals surface area contributed by atoms with E-state index in [-0.39, 0.29) is 19.3 Å². The van der Waals surface area contributed by atoms with E-state index in [0.29, 0.717) is 19.3 Å². The number of aliphatic hydroxyl groups is 2. The summed E-state index contributed by atoms with van der Waals surface area (Å²) in [6.07, 6.45) is 115. The summed E-state index contributed by atoms with van der Waals surface area (Å²) < 4.78 is 61.5. The highest BCUT2D eigenvalue weighted by molar-refractivity contribution is 7.47. The van der Waals surface area contributed by atoms with Crippen LogP contribution in [0.3, 0.4) is 0 Å². The molecule has 0 radical (unpaired) electrons. The van der Waals surface area contributed by atoms with Crippen LogP contribution in [0.4, 0.5) is 0 Å². The van der Waals surface area contributed by atoms with Crippen LogP contribution in [0.1, 0.15) is 355 Å². The first kappa shape index (κ1) is 110. The second-order valence-corrected chi connectivity index (χ2v) is 32.5. The standard InChI is InChI=1S/C97H162O16P2/c1-4-7-10-13-16-19-22-25-28-31-34-37-40-42-43-44-45-46-47-49-52-53-56-59-62-65-68-71-74-77-80-83-95(100)107-86-92(98)87-109-114(103,104)110-88-93(99)89-111-115(105,106)112-91-94(113-97(102)85-82-79-76-73-70-67-64-61-58-55-50-39-36-33-30-27-24-21-18-15-12-9-6-3)90-108-96(101)84-81-78-75-72-69-66-63-60-57-54-51-48-41-38-35-32-29-26-23-20-17-14-11-8-5-2/h7-8,10-11,16-21,25-30,34-39,42-43,45-46,48,51,55,58,92-94,98-99H,4-6,9,12-15,22-24,31-33,40-41,44,47,49-50,52-54,56-57,59-91H2,1-3H3,(H,103,104)(H,105,106)/b10-7-,11-8-,19-16-,20-17-,21-18-,28-25-,29-26-,30-27-,37-34-,38-35-,39-36-,43-42-,46-45-,51-48-,58-55-. The van der Waals surface area contributed by atoms with Crippen LogP contribution in [0.2, 0.25) is 0 Å². The molecule has 18 heteroatoms. The minimum atomic E-state index is -4.95. The van der Waals surface area contributed by atoms with Gasteiger partial charge in [0.15, 0.2) is 6.10 Å². The molecule has 5 unspecified atom stereocenters. The van der Waals surface area contributed by atoms with E-state index in [1.165, 1.54) is 103 Å². The van der Waals surface area contributed by atoms with E-state index in [4.69, 9.17) is 32.3 Å². The summed E-state index contributed by atoms with van der Waals surface area (Å²) in [5.74, 6) is -1.59. The number of hydrogen-bond donors (Lipinski definition) is 4. The Morgan fingerprint density at radius 3 is 0.730 bits per heavy atom. The van der Waals surface area contributed by atoms with Crippen molar-refractivity contribution in [1.29, 1.82) is 0 Å². The number of unbranched alkanes of at least 4 members (excludes halogenated alkanes) is 31. The van der Waals surface area contributed by atoms with Crippen LogP contribution in [-0.4, -0.2) is 95.9 Å². The number of carbonyl (C=O) groups excluding carboxylic acids is 3. The quantitative estimate of drug-likeness (QED) is 0.0146. The zero-order valence-electron chi connectivity index (χ0n) is 72.1. The highest BCUT2D eigenvalue weighted by atomic mass is 31.2. The normalized spacial score (nSPS) is 14.7. The summed E-state index contributed by atoms with van der Waals surface area (Å²) in [5.41, 5.74) is 0. The van der Waals surface area contributed by atoms with E-state index in [9.17, 15) is 43.5 Å². The minimum Gasteiger partial charge on any atom is -0.463 e. The van der Waals surface area contributed by atoms with E-state index < -0.39 is 91.5 Å². The Hall–Kier alpha value is -5.35. The second kappa shape index (κ2) is 87.9. The van der Waals surface area contributed by atoms with Crippen LogP contribution in [0.25, 0.3) is 0 Å². The number of aliphatic hydroxyl groups excluding tert-OH is 2. The molecule has 0 saturated carbocycles. The lowest BCUT2D eigenvalue weighted by molar-refractivity contribution is -0.161. The Balaban J connectivity index is 4.64. The highest BCUT2D eigenvalue weighted by Gasteiger charge is 2.29. The molecule has 5 atom stereocenters. The lowest BCUT2D eigenvalue weighted by Crippen LogP contribution is -2.30. The first-order valence-corrected chi connectivity index (χ1v) is 48.1. The number of allylic oxidation sites excluding steroid dienone is 30. The molecule has 0 heterocycles. The molecule has 0 rings (SSSR count). The van der Waals surface area contributed by atoms with Crippen LogP contribution in [-0.2, 0) is 55.8 Å². The molecular formula is C97H162O16P2. The van der Waals surface area contributed by atoms with Gasteiger partial charge in [-0.1, -0.05) is 357 Å². The van der Waals surface area contributed by atoms with Crippen molar-refractivity contribution in [2.75, 3.05) is 39.6 Å². The third kappa shape index (κ3) is 89.3. The molecule has 0 aliphatic heterocycles. The SMILES string of the molecule is CC/C=C\C/C=C\C/C=C\C/C=C\C/C=C\C/C=C\CCCCCCCCCCCCCCC(=O)OCC(O)COP(=O)(O)OCC(O)COP(=O)(O)OCC(COC(=O)CCCCCCCCCCC/C=C\C/C=C\C/C=C\C/C=C\C/C=C\CC)OC(=O)CCCCCCCCC/C=C\C/C=C\C/C=C\C/C=C\CCCCC. The third-order valence-corrected chi connectivity index (χ3v) is 20.5. The first-order chi connectivity index (χ1) is 56.2. The van der Waals surface area contributed by atoms with Gasteiger partial charge in [-0.25, -0.2) is 9.13 Å². The fraction of sp³-hybridized carbons (Fsp3) is 0.660. The van der Waals surface area contributed by atoms with Gasteiger partial charge >= 0.3 is 33.6 Å². The maximum atomic E-state index is 13.1. The molecule has 0 saturated heterocycles. The number of hydrogen-bond acceptors (Lipinski definition) is 14. The average Bonchev–Trinajstić information content (AvgIpc) is 0.903. The monoisotopic (exact) mass is 1650 g/mol. The molecule has 0 aromatic heterocycles. The molecule has 656 valence electrons. The van der Waals surface area contributed by atoms with E-state index in [2.05, 4.69) is 203 Å². The molecule has 0 fully saturated rings. The molecule has 0 spiro atoms. The molecule has 0 amide bonds. The Labute approximate surface area is 700 Å². The Morgan fingerprint density at radius 1 is 0.252 bits per heavy atom. The van der Waals surface area contributed by atoms with E-state index >= 15 is 0 Å². The van der Waals surface area contributed by atoms with Gasteiger partial charge in [-0.3, -0.25) is 32.5 Å². The van der Waals surface area contributed by atoms with Crippen LogP contribution in [0.5, 0.6) is 0 Å². The Bertz CT molecular complexity index is 2820. The smallest absolute Gasteiger partial charge is 0.463 e. The lowest BCUT2D eigenvalue weighted by atomic mass is 10.0. The molecular weight excluding hydrogens is 1480 g/mol. The molecule has 0 aromatic rings. The fourth-order valence-electron chi connectivity index (χ4n) is 11.8. The van der Waals surface area contributed by atoms with Gasteiger partial charge in [0.25, 0.3) is 0 Å². The summed E-state index contributed by atoms with van der Waals surface area (Å²) >= 11 is 0.